The van der Waals surface area contributed by atoms with Gasteiger partial charge in [-0.15, -0.1) is 11.8 Å². The summed E-state index contributed by atoms with van der Waals surface area (Å²) in [4.78, 5) is 5.30. The second kappa shape index (κ2) is 7.36. The molecule has 0 aliphatic carbocycles. The molecule has 1 aromatic heterocycles. The molecule has 0 aliphatic rings. The van der Waals surface area contributed by atoms with Crippen LogP contribution in [0.1, 0.15) is 33.2 Å². The summed E-state index contributed by atoms with van der Waals surface area (Å²) in [6, 6.07) is 13.6. The van der Waals surface area contributed by atoms with Crippen LogP contribution >= 0.6 is 11.8 Å². The summed E-state index contributed by atoms with van der Waals surface area (Å²) in [5.74, 6) is -0.839. The van der Waals surface area contributed by atoms with E-state index in [4.69, 9.17) is 0 Å². The molecule has 0 amide bonds. The summed E-state index contributed by atoms with van der Waals surface area (Å²) in [5.41, 5.74) is 4.27. The van der Waals surface area contributed by atoms with Crippen molar-refractivity contribution in [3.63, 3.8) is 0 Å². The molecular weight excluding hydrogens is 336 g/mol. The molecule has 0 radical (unpaired) electrons. The summed E-state index contributed by atoms with van der Waals surface area (Å²) in [6.45, 7) is 5.87. The predicted octanol–water partition coefficient (Wildman–Crippen LogP) is 6.17. The van der Waals surface area contributed by atoms with Gasteiger partial charge in [0.05, 0.1) is 5.25 Å². The highest BCUT2D eigenvalue weighted by Gasteiger charge is 2.22. The molecule has 4 heteroatoms. The van der Waals surface area contributed by atoms with Gasteiger partial charge in [-0.3, -0.25) is 4.98 Å². The number of benzene rings is 2. The molecule has 25 heavy (non-hydrogen) atoms. The fourth-order valence-electron chi connectivity index (χ4n) is 2.69. The van der Waals surface area contributed by atoms with Gasteiger partial charge >= 0.3 is 0 Å². The van der Waals surface area contributed by atoms with E-state index in [-0.39, 0.29) is 5.25 Å². The Bertz CT molecular complexity index is 839. The van der Waals surface area contributed by atoms with Crippen molar-refractivity contribution < 1.29 is 8.78 Å². The van der Waals surface area contributed by atoms with Gasteiger partial charge < -0.3 is 0 Å². The second-order valence-corrected chi connectivity index (χ2v) is 7.34. The van der Waals surface area contributed by atoms with Crippen molar-refractivity contribution in [1.29, 1.82) is 0 Å². The van der Waals surface area contributed by atoms with Gasteiger partial charge in [-0.2, -0.15) is 0 Å². The van der Waals surface area contributed by atoms with Crippen LogP contribution in [0.25, 0.3) is 0 Å². The molecule has 0 saturated heterocycles. The normalized spacial score (nSPS) is 12.2. The van der Waals surface area contributed by atoms with E-state index >= 15 is 0 Å². The minimum absolute atomic E-state index is 0.347. The molecule has 128 valence electrons. The number of hydrogen-bond donors (Lipinski definition) is 0. The number of rotatable bonds is 4. The van der Waals surface area contributed by atoms with E-state index < -0.39 is 11.6 Å². The van der Waals surface area contributed by atoms with Crippen molar-refractivity contribution in [3.05, 3.63) is 94.3 Å². The van der Waals surface area contributed by atoms with Crippen molar-refractivity contribution in [3.8, 4) is 0 Å². The number of aryl methyl sites for hydroxylation is 3. The first kappa shape index (κ1) is 17.6. The summed E-state index contributed by atoms with van der Waals surface area (Å²) in [7, 11) is 0. The lowest BCUT2D eigenvalue weighted by Gasteiger charge is -2.21. The Labute approximate surface area is 151 Å². The second-order valence-electron chi connectivity index (χ2n) is 6.16. The molecule has 0 N–H and O–H groups in total. The molecule has 1 unspecified atom stereocenters. The molecule has 0 bridgehead atoms. The topological polar surface area (TPSA) is 12.9 Å². The van der Waals surface area contributed by atoms with E-state index in [0.717, 1.165) is 33.3 Å². The maximum atomic E-state index is 14.5. The van der Waals surface area contributed by atoms with Crippen LogP contribution in [0.5, 0.6) is 0 Å². The van der Waals surface area contributed by atoms with Crippen LogP contribution < -0.4 is 0 Å². The molecular formula is C21H19F2NS. The van der Waals surface area contributed by atoms with E-state index in [1.807, 2.05) is 51.1 Å². The van der Waals surface area contributed by atoms with Crippen LogP contribution in [0.15, 0.2) is 59.6 Å². The summed E-state index contributed by atoms with van der Waals surface area (Å²) in [5, 5.41) is -0.347. The third-order valence-corrected chi connectivity index (χ3v) is 5.37. The minimum atomic E-state index is -0.436. The SMILES string of the molecule is Cc1ccc(SC(c2cc(C)ncc2C)c2cc(F)ccc2F)cc1. The van der Waals surface area contributed by atoms with Gasteiger partial charge in [0.1, 0.15) is 11.6 Å². The zero-order chi connectivity index (χ0) is 18.0. The molecule has 0 saturated carbocycles. The maximum absolute atomic E-state index is 14.5. The number of hydrogen-bond acceptors (Lipinski definition) is 2. The van der Waals surface area contributed by atoms with Crippen LogP contribution in [0.4, 0.5) is 8.78 Å². The first-order valence-corrected chi connectivity index (χ1v) is 8.93. The van der Waals surface area contributed by atoms with Crippen LogP contribution in [0, 0.1) is 32.4 Å². The van der Waals surface area contributed by atoms with Gasteiger partial charge in [-0.25, -0.2) is 8.78 Å². The Hall–Kier alpha value is -2.20. The third kappa shape index (κ3) is 4.07. The van der Waals surface area contributed by atoms with Crippen molar-refractivity contribution in [2.24, 2.45) is 0 Å². The molecule has 0 aliphatic heterocycles. The fraction of sp³-hybridized carbons (Fsp3) is 0.190. The average Bonchev–Trinajstić information content (AvgIpc) is 2.59. The largest absolute Gasteiger partial charge is 0.261 e. The van der Waals surface area contributed by atoms with E-state index in [1.54, 1.807) is 6.20 Å². The number of pyridine rings is 1. The minimum Gasteiger partial charge on any atom is -0.261 e. The standard InChI is InChI=1S/C21H19F2NS/c1-13-4-7-17(8-5-13)25-21(18-10-15(3)24-12-14(18)2)19-11-16(22)6-9-20(19)23/h4-12,21H,1-3H3. The van der Waals surface area contributed by atoms with Crippen molar-refractivity contribution in [2.45, 2.75) is 30.9 Å². The van der Waals surface area contributed by atoms with Crippen LogP contribution in [0.3, 0.4) is 0 Å². The third-order valence-electron chi connectivity index (χ3n) is 4.08. The summed E-state index contributed by atoms with van der Waals surface area (Å²) < 4.78 is 28.3. The highest BCUT2D eigenvalue weighted by Crippen LogP contribution is 2.42. The van der Waals surface area contributed by atoms with Gasteiger partial charge in [-0.05, 0) is 68.3 Å². The fourth-order valence-corrected chi connectivity index (χ4v) is 3.95. The predicted molar refractivity (Wildman–Crippen MR) is 98.9 cm³/mol. The van der Waals surface area contributed by atoms with E-state index in [9.17, 15) is 8.78 Å². The molecule has 2 aromatic carbocycles. The molecule has 1 nitrogen and oxygen atoms in total. The molecule has 1 atom stereocenters. The summed E-state index contributed by atoms with van der Waals surface area (Å²) in [6.07, 6.45) is 1.78. The quantitative estimate of drug-likeness (QED) is 0.519. The van der Waals surface area contributed by atoms with E-state index in [2.05, 4.69) is 4.98 Å². The zero-order valence-electron chi connectivity index (χ0n) is 14.4. The van der Waals surface area contributed by atoms with Gasteiger partial charge in [0.25, 0.3) is 0 Å². The Morgan fingerprint density at radius 2 is 1.60 bits per heavy atom. The number of halogens is 2. The van der Waals surface area contributed by atoms with Gasteiger partial charge in [0.2, 0.25) is 0 Å². The molecule has 3 aromatic rings. The molecule has 3 rings (SSSR count). The first-order valence-electron chi connectivity index (χ1n) is 8.05. The van der Waals surface area contributed by atoms with Crippen LogP contribution in [-0.2, 0) is 0 Å². The Kier molecular flexibility index (Phi) is 5.19. The van der Waals surface area contributed by atoms with Crippen molar-refractivity contribution in [2.75, 3.05) is 0 Å². The van der Waals surface area contributed by atoms with Gasteiger partial charge in [0, 0.05) is 22.3 Å². The zero-order valence-corrected chi connectivity index (χ0v) is 15.2. The van der Waals surface area contributed by atoms with Gasteiger partial charge in [-0.1, -0.05) is 17.7 Å². The first-order chi connectivity index (χ1) is 11.9. The van der Waals surface area contributed by atoms with E-state index in [0.29, 0.717) is 5.56 Å². The molecule has 0 spiro atoms. The monoisotopic (exact) mass is 355 g/mol. The van der Waals surface area contributed by atoms with E-state index in [1.165, 1.54) is 23.9 Å². The Balaban J connectivity index is 2.12. The van der Waals surface area contributed by atoms with Crippen LogP contribution in [-0.4, -0.2) is 4.98 Å². The van der Waals surface area contributed by atoms with Gasteiger partial charge in [0.15, 0.2) is 0 Å². The number of aromatic nitrogens is 1. The molecule has 0 fully saturated rings. The van der Waals surface area contributed by atoms with Crippen LogP contribution in [0.2, 0.25) is 0 Å². The summed E-state index contributed by atoms with van der Waals surface area (Å²) >= 11 is 1.51. The molecule has 1 heterocycles. The highest BCUT2D eigenvalue weighted by molar-refractivity contribution is 7.99. The highest BCUT2D eigenvalue weighted by atomic mass is 32.2. The smallest absolute Gasteiger partial charge is 0.128 e. The lowest BCUT2D eigenvalue weighted by Crippen LogP contribution is -2.04. The Morgan fingerprint density at radius 1 is 0.880 bits per heavy atom. The lowest BCUT2D eigenvalue weighted by molar-refractivity contribution is 0.587. The average molecular weight is 355 g/mol. The number of nitrogens with zero attached hydrogens (tertiary/aromatic N) is 1. The number of thioether (sulfide) groups is 1. The van der Waals surface area contributed by atoms with Crippen molar-refractivity contribution in [1.82, 2.24) is 4.98 Å². The van der Waals surface area contributed by atoms with Crippen molar-refractivity contribution >= 4 is 11.8 Å². The maximum Gasteiger partial charge on any atom is 0.128 e. The Morgan fingerprint density at radius 3 is 2.32 bits per heavy atom. The lowest BCUT2D eigenvalue weighted by atomic mass is 10.00.